The van der Waals surface area contributed by atoms with Gasteiger partial charge in [-0.3, -0.25) is 4.79 Å². The average Bonchev–Trinajstić information content (AvgIpc) is 1.94. The van der Waals surface area contributed by atoms with Gasteiger partial charge in [0.1, 0.15) is 6.23 Å². The highest BCUT2D eigenvalue weighted by molar-refractivity contribution is 5.78. The highest BCUT2D eigenvalue weighted by Crippen LogP contribution is 2.33. The zero-order valence-corrected chi connectivity index (χ0v) is 9.58. The fourth-order valence-electron chi connectivity index (χ4n) is 1.97. The number of piperidine rings is 1. The zero-order chi connectivity index (χ0) is 10.9. The van der Waals surface area contributed by atoms with Crippen molar-refractivity contribution in [2.24, 2.45) is 11.3 Å². The summed E-state index contributed by atoms with van der Waals surface area (Å²) in [5.74, 6) is 0.497. The molecule has 1 N–H and O–H groups in total. The molecule has 0 aromatic carbocycles. The number of carbonyl (C=O) groups excluding carboxylic acids is 1. The van der Waals surface area contributed by atoms with Gasteiger partial charge < -0.3 is 10.0 Å². The van der Waals surface area contributed by atoms with E-state index in [2.05, 4.69) is 13.8 Å². The molecule has 0 bridgehead atoms. The fraction of sp³-hybridized carbons (Fsp3) is 0.909. The van der Waals surface area contributed by atoms with Gasteiger partial charge in [0.25, 0.3) is 0 Å². The first kappa shape index (κ1) is 11.5. The Morgan fingerprint density at radius 3 is 2.57 bits per heavy atom. The Balaban J connectivity index is 2.66. The van der Waals surface area contributed by atoms with Crippen LogP contribution in [0.2, 0.25) is 0 Å². The second-order valence-corrected chi connectivity index (χ2v) is 5.47. The van der Waals surface area contributed by atoms with Gasteiger partial charge in [-0.2, -0.15) is 0 Å². The van der Waals surface area contributed by atoms with Gasteiger partial charge in [-0.05, 0) is 17.8 Å². The number of likely N-dealkylation sites (tertiary alicyclic amines) is 1. The van der Waals surface area contributed by atoms with Crippen LogP contribution in [0.4, 0.5) is 0 Å². The standard InChI is InChI=1S/C11H21NO2/c1-8(2)7-12-9(13)5-11(3,4)6-10(12)14/h8-9,13H,5-7H2,1-4H3. The second-order valence-electron chi connectivity index (χ2n) is 5.47. The van der Waals surface area contributed by atoms with Crippen molar-refractivity contribution in [2.75, 3.05) is 6.54 Å². The normalized spacial score (nSPS) is 27.1. The molecule has 1 aliphatic heterocycles. The van der Waals surface area contributed by atoms with Crippen molar-refractivity contribution in [1.29, 1.82) is 0 Å². The van der Waals surface area contributed by atoms with E-state index in [9.17, 15) is 9.90 Å². The van der Waals surface area contributed by atoms with E-state index in [1.165, 1.54) is 0 Å². The van der Waals surface area contributed by atoms with Crippen molar-refractivity contribution in [3.63, 3.8) is 0 Å². The molecule has 0 spiro atoms. The summed E-state index contributed by atoms with van der Waals surface area (Å²) in [6.07, 6.45) is 0.649. The lowest BCUT2D eigenvalue weighted by Gasteiger charge is -2.41. The summed E-state index contributed by atoms with van der Waals surface area (Å²) < 4.78 is 0. The molecule has 1 rings (SSSR count). The predicted octanol–water partition coefficient (Wildman–Crippen LogP) is 1.61. The molecule has 0 aromatic rings. The third-order valence-corrected chi connectivity index (χ3v) is 2.61. The quantitative estimate of drug-likeness (QED) is 0.734. The monoisotopic (exact) mass is 199 g/mol. The first-order valence-corrected chi connectivity index (χ1v) is 5.29. The molecule has 14 heavy (non-hydrogen) atoms. The Morgan fingerprint density at radius 1 is 1.57 bits per heavy atom. The number of aliphatic hydroxyl groups excluding tert-OH is 1. The molecule has 1 atom stereocenters. The van der Waals surface area contributed by atoms with E-state index >= 15 is 0 Å². The number of rotatable bonds is 2. The van der Waals surface area contributed by atoms with Gasteiger partial charge in [-0.1, -0.05) is 27.7 Å². The predicted molar refractivity (Wildman–Crippen MR) is 55.6 cm³/mol. The van der Waals surface area contributed by atoms with E-state index in [4.69, 9.17) is 0 Å². The van der Waals surface area contributed by atoms with Crippen LogP contribution in [0.5, 0.6) is 0 Å². The molecular formula is C11H21NO2. The lowest BCUT2D eigenvalue weighted by molar-refractivity contribution is -0.155. The van der Waals surface area contributed by atoms with Crippen LogP contribution >= 0.6 is 0 Å². The van der Waals surface area contributed by atoms with Gasteiger partial charge in [0, 0.05) is 13.0 Å². The average molecular weight is 199 g/mol. The topological polar surface area (TPSA) is 40.5 Å². The summed E-state index contributed by atoms with van der Waals surface area (Å²) >= 11 is 0. The highest BCUT2D eigenvalue weighted by atomic mass is 16.3. The van der Waals surface area contributed by atoms with Crippen LogP contribution in [0.3, 0.4) is 0 Å². The smallest absolute Gasteiger partial charge is 0.225 e. The largest absolute Gasteiger partial charge is 0.374 e. The maximum atomic E-state index is 11.7. The van der Waals surface area contributed by atoms with Gasteiger partial charge in [0.2, 0.25) is 5.91 Å². The maximum Gasteiger partial charge on any atom is 0.225 e. The lowest BCUT2D eigenvalue weighted by Crippen LogP contribution is -2.50. The molecule has 3 nitrogen and oxygen atoms in total. The SMILES string of the molecule is CC(C)CN1C(=O)CC(C)(C)CC1O. The fourth-order valence-corrected chi connectivity index (χ4v) is 1.97. The minimum atomic E-state index is -0.589. The molecule has 82 valence electrons. The van der Waals surface area contributed by atoms with Crippen molar-refractivity contribution >= 4 is 5.91 Å². The van der Waals surface area contributed by atoms with E-state index in [1.807, 2.05) is 13.8 Å². The molecule has 1 fully saturated rings. The van der Waals surface area contributed by atoms with Gasteiger partial charge in [0.15, 0.2) is 0 Å². The Kier molecular flexibility index (Phi) is 3.20. The summed E-state index contributed by atoms with van der Waals surface area (Å²) in [6.45, 7) is 8.83. The minimum Gasteiger partial charge on any atom is -0.374 e. The Hall–Kier alpha value is -0.570. The Morgan fingerprint density at radius 2 is 2.14 bits per heavy atom. The molecular weight excluding hydrogens is 178 g/mol. The van der Waals surface area contributed by atoms with Gasteiger partial charge in [0.05, 0.1) is 0 Å². The van der Waals surface area contributed by atoms with Gasteiger partial charge >= 0.3 is 0 Å². The summed E-state index contributed by atoms with van der Waals surface area (Å²) in [5, 5.41) is 9.83. The number of carbonyl (C=O) groups is 1. The molecule has 0 aliphatic carbocycles. The second kappa shape index (κ2) is 3.89. The molecule has 0 aromatic heterocycles. The van der Waals surface area contributed by atoms with E-state index in [1.54, 1.807) is 4.90 Å². The van der Waals surface area contributed by atoms with Crippen LogP contribution in [0, 0.1) is 11.3 Å². The third kappa shape index (κ3) is 2.71. The van der Waals surface area contributed by atoms with Crippen molar-refractivity contribution in [2.45, 2.75) is 46.8 Å². The van der Waals surface area contributed by atoms with Crippen LogP contribution in [-0.4, -0.2) is 28.7 Å². The van der Waals surface area contributed by atoms with Crippen LogP contribution in [-0.2, 0) is 4.79 Å². The molecule has 0 saturated carbocycles. The molecule has 1 saturated heterocycles. The van der Waals surface area contributed by atoms with Crippen molar-refractivity contribution in [3.05, 3.63) is 0 Å². The van der Waals surface area contributed by atoms with Gasteiger partial charge in [-0.25, -0.2) is 0 Å². The number of amides is 1. The zero-order valence-electron chi connectivity index (χ0n) is 9.58. The molecule has 3 heteroatoms. The maximum absolute atomic E-state index is 11.7. The summed E-state index contributed by atoms with van der Waals surface area (Å²) in [4.78, 5) is 13.3. The van der Waals surface area contributed by atoms with Crippen LogP contribution < -0.4 is 0 Å². The van der Waals surface area contributed by atoms with Crippen molar-refractivity contribution in [1.82, 2.24) is 4.90 Å². The lowest BCUT2D eigenvalue weighted by atomic mass is 9.81. The van der Waals surface area contributed by atoms with Crippen LogP contribution in [0.25, 0.3) is 0 Å². The molecule has 1 amide bonds. The highest BCUT2D eigenvalue weighted by Gasteiger charge is 2.37. The molecule has 1 heterocycles. The Bertz CT molecular complexity index is 223. The number of nitrogens with zero attached hydrogens (tertiary/aromatic N) is 1. The van der Waals surface area contributed by atoms with E-state index in [0.29, 0.717) is 25.3 Å². The van der Waals surface area contributed by atoms with Crippen LogP contribution in [0.1, 0.15) is 40.5 Å². The van der Waals surface area contributed by atoms with E-state index in [-0.39, 0.29) is 11.3 Å². The Labute approximate surface area is 86.1 Å². The number of aliphatic hydroxyl groups is 1. The molecule has 1 aliphatic rings. The third-order valence-electron chi connectivity index (χ3n) is 2.61. The summed E-state index contributed by atoms with van der Waals surface area (Å²) in [6, 6.07) is 0. The number of hydrogen-bond donors (Lipinski definition) is 1. The van der Waals surface area contributed by atoms with E-state index < -0.39 is 6.23 Å². The first-order chi connectivity index (χ1) is 6.32. The van der Waals surface area contributed by atoms with Crippen molar-refractivity contribution in [3.8, 4) is 0 Å². The first-order valence-electron chi connectivity index (χ1n) is 5.29. The molecule has 1 unspecified atom stereocenters. The van der Waals surface area contributed by atoms with Gasteiger partial charge in [-0.15, -0.1) is 0 Å². The summed E-state index contributed by atoms with van der Waals surface area (Å²) in [7, 11) is 0. The van der Waals surface area contributed by atoms with Crippen LogP contribution in [0.15, 0.2) is 0 Å². The summed E-state index contributed by atoms with van der Waals surface area (Å²) in [5.41, 5.74) is -0.0516. The molecule has 0 radical (unpaired) electrons. The van der Waals surface area contributed by atoms with E-state index in [0.717, 1.165) is 0 Å². The van der Waals surface area contributed by atoms with Crippen molar-refractivity contribution < 1.29 is 9.90 Å². The number of hydrogen-bond acceptors (Lipinski definition) is 2. The minimum absolute atomic E-state index is 0.0516.